The molecule has 68 valence electrons. The third-order valence-corrected chi connectivity index (χ3v) is 3.42. The predicted molar refractivity (Wildman–Crippen MR) is 53.3 cm³/mol. The van der Waals surface area contributed by atoms with Gasteiger partial charge in [-0.05, 0) is 26.2 Å². The lowest BCUT2D eigenvalue weighted by molar-refractivity contribution is -0.125. The highest BCUT2D eigenvalue weighted by atomic mass is 79.9. The van der Waals surface area contributed by atoms with Gasteiger partial charge in [0.1, 0.15) is 4.32 Å². The van der Waals surface area contributed by atoms with Crippen LogP contribution in [-0.2, 0) is 4.79 Å². The highest BCUT2D eigenvalue weighted by Gasteiger charge is 2.41. The highest BCUT2D eigenvalue weighted by Crippen LogP contribution is 2.40. The van der Waals surface area contributed by atoms with Gasteiger partial charge in [0.15, 0.2) is 0 Å². The van der Waals surface area contributed by atoms with E-state index in [4.69, 9.17) is 0 Å². The van der Waals surface area contributed by atoms with Crippen molar-refractivity contribution in [1.29, 1.82) is 0 Å². The second-order valence-electron chi connectivity index (χ2n) is 3.32. The molecule has 0 aromatic rings. The Bertz CT molecular complexity index is 199. The largest absolute Gasteiger partial charge is 0.349 e. The Labute approximate surface area is 81.5 Å². The molecule has 1 aliphatic rings. The number of hydrogen-bond acceptors (Lipinski definition) is 1. The van der Waals surface area contributed by atoms with E-state index in [-0.39, 0.29) is 16.3 Å². The number of amides is 1. The topological polar surface area (TPSA) is 29.1 Å². The molecule has 1 unspecified atom stereocenters. The summed E-state index contributed by atoms with van der Waals surface area (Å²) in [5.41, 5.74) is 0. The molecule has 0 radical (unpaired) electrons. The van der Waals surface area contributed by atoms with Crippen molar-refractivity contribution in [2.75, 3.05) is 0 Å². The van der Waals surface area contributed by atoms with Crippen molar-refractivity contribution in [2.45, 2.75) is 36.6 Å². The first-order valence-electron chi connectivity index (χ1n) is 4.21. The van der Waals surface area contributed by atoms with Gasteiger partial charge >= 0.3 is 0 Å². The van der Waals surface area contributed by atoms with Crippen molar-refractivity contribution >= 4 is 21.8 Å². The summed E-state index contributed by atoms with van der Waals surface area (Å²) in [6.07, 6.45) is 4.76. The van der Waals surface area contributed by atoms with Crippen LogP contribution in [0, 0.1) is 0 Å². The Morgan fingerprint density at radius 3 is 2.67 bits per heavy atom. The van der Waals surface area contributed by atoms with E-state index in [0.29, 0.717) is 0 Å². The Balaban J connectivity index is 2.42. The number of nitrogens with one attached hydrogen (secondary N) is 1. The molecule has 0 spiro atoms. The van der Waals surface area contributed by atoms with Gasteiger partial charge in [-0.3, -0.25) is 4.79 Å². The van der Waals surface area contributed by atoms with Crippen molar-refractivity contribution in [3.05, 3.63) is 12.7 Å². The third-order valence-electron chi connectivity index (χ3n) is 2.27. The van der Waals surface area contributed by atoms with E-state index in [1.165, 1.54) is 0 Å². The number of hydrogen-bond donors (Lipinski definition) is 1. The molecule has 1 saturated carbocycles. The minimum atomic E-state index is -0.274. The van der Waals surface area contributed by atoms with Gasteiger partial charge in [0, 0.05) is 6.04 Å². The van der Waals surface area contributed by atoms with Crippen LogP contribution in [0.3, 0.4) is 0 Å². The molecule has 1 fully saturated rings. The molecule has 1 rings (SSSR count). The molecule has 1 aliphatic carbocycles. The fourth-order valence-corrected chi connectivity index (χ4v) is 1.78. The van der Waals surface area contributed by atoms with Crippen LogP contribution in [0.2, 0.25) is 0 Å². The van der Waals surface area contributed by atoms with Crippen molar-refractivity contribution in [3.8, 4) is 0 Å². The zero-order chi connectivity index (χ0) is 9.19. The van der Waals surface area contributed by atoms with E-state index >= 15 is 0 Å². The van der Waals surface area contributed by atoms with Gasteiger partial charge in [-0.1, -0.05) is 22.0 Å². The van der Waals surface area contributed by atoms with Gasteiger partial charge < -0.3 is 5.32 Å². The van der Waals surface area contributed by atoms with Crippen LogP contribution in [0.4, 0.5) is 0 Å². The highest BCUT2D eigenvalue weighted by molar-refractivity contribution is 9.10. The summed E-state index contributed by atoms with van der Waals surface area (Å²) in [6.45, 7) is 5.53. The van der Waals surface area contributed by atoms with Crippen molar-refractivity contribution in [2.24, 2.45) is 0 Å². The number of carbonyl (C=O) groups excluding carboxylic acids is 1. The third kappa shape index (κ3) is 1.89. The van der Waals surface area contributed by atoms with Gasteiger partial charge in [-0.15, -0.1) is 6.58 Å². The lowest BCUT2D eigenvalue weighted by atomic mass is 9.84. The average Bonchev–Trinajstić information content (AvgIpc) is 1.99. The van der Waals surface area contributed by atoms with Crippen molar-refractivity contribution in [1.82, 2.24) is 5.32 Å². The maximum atomic E-state index is 11.5. The summed E-state index contributed by atoms with van der Waals surface area (Å²) in [5.74, 6) is 0.0983. The second-order valence-corrected chi connectivity index (χ2v) is 4.83. The molecule has 0 aromatic carbocycles. The molecular formula is C9H14BrNO. The van der Waals surface area contributed by atoms with Crippen LogP contribution in [0.15, 0.2) is 12.7 Å². The fraction of sp³-hybridized carbons (Fsp3) is 0.667. The molecule has 1 N–H and O–H groups in total. The van der Waals surface area contributed by atoms with Crippen LogP contribution >= 0.6 is 15.9 Å². The molecular weight excluding hydrogens is 218 g/mol. The lowest BCUT2D eigenvalue weighted by Gasteiger charge is -2.35. The first kappa shape index (κ1) is 9.78. The molecule has 0 saturated heterocycles. The number of halogens is 1. The Morgan fingerprint density at radius 2 is 2.33 bits per heavy atom. The second kappa shape index (κ2) is 3.60. The van der Waals surface area contributed by atoms with Gasteiger partial charge in [-0.25, -0.2) is 0 Å². The molecule has 0 heterocycles. The standard InChI is InChI=1S/C9H14BrNO/c1-3-7(2)11-8(12)9(10)5-4-6-9/h3,7H,1,4-6H2,2H3,(H,11,12). The molecule has 0 bridgehead atoms. The van der Waals surface area contributed by atoms with Crippen molar-refractivity contribution in [3.63, 3.8) is 0 Å². The van der Waals surface area contributed by atoms with E-state index in [1.54, 1.807) is 6.08 Å². The van der Waals surface area contributed by atoms with Crippen LogP contribution in [0.1, 0.15) is 26.2 Å². The Hall–Kier alpha value is -0.310. The molecule has 1 amide bonds. The zero-order valence-corrected chi connectivity index (χ0v) is 8.86. The smallest absolute Gasteiger partial charge is 0.237 e. The molecule has 2 nitrogen and oxygen atoms in total. The summed E-state index contributed by atoms with van der Waals surface area (Å²) in [6, 6.07) is 0.0625. The number of rotatable bonds is 3. The van der Waals surface area contributed by atoms with Crippen molar-refractivity contribution < 1.29 is 4.79 Å². The predicted octanol–water partition coefficient (Wildman–Crippen LogP) is 1.99. The minimum Gasteiger partial charge on any atom is -0.349 e. The SMILES string of the molecule is C=CC(C)NC(=O)C1(Br)CCC1. The molecule has 0 aliphatic heterocycles. The van der Waals surface area contributed by atoms with Gasteiger partial charge in [-0.2, -0.15) is 0 Å². The van der Waals surface area contributed by atoms with Crippen LogP contribution in [0.5, 0.6) is 0 Å². The number of carbonyl (C=O) groups is 1. The van der Waals surface area contributed by atoms with Gasteiger partial charge in [0.05, 0.1) is 0 Å². The normalized spacial score (nSPS) is 22.2. The first-order valence-corrected chi connectivity index (χ1v) is 5.00. The Kier molecular flexibility index (Phi) is 2.94. The van der Waals surface area contributed by atoms with E-state index in [1.807, 2.05) is 6.92 Å². The monoisotopic (exact) mass is 231 g/mol. The zero-order valence-electron chi connectivity index (χ0n) is 7.27. The average molecular weight is 232 g/mol. The Morgan fingerprint density at radius 1 is 1.75 bits per heavy atom. The summed E-state index contributed by atoms with van der Waals surface area (Å²) >= 11 is 3.44. The fourth-order valence-electron chi connectivity index (χ4n) is 1.11. The summed E-state index contributed by atoms with van der Waals surface area (Å²) in [7, 11) is 0. The maximum Gasteiger partial charge on any atom is 0.237 e. The van der Waals surface area contributed by atoms with Crippen LogP contribution < -0.4 is 5.32 Å². The molecule has 12 heavy (non-hydrogen) atoms. The van der Waals surface area contributed by atoms with E-state index in [0.717, 1.165) is 19.3 Å². The summed E-state index contributed by atoms with van der Waals surface area (Å²) in [4.78, 5) is 11.5. The van der Waals surface area contributed by atoms with Crippen LogP contribution in [0.25, 0.3) is 0 Å². The van der Waals surface area contributed by atoms with Gasteiger partial charge in [0.2, 0.25) is 5.91 Å². The summed E-state index contributed by atoms with van der Waals surface area (Å²) < 4.78 is -0.274. The van der Waals surface area contributed by atoms with Gasteiger partial charge in [0.25, 0.3) is 0 Å². The quantitative estimate of drug-likeness (QED) is 0.585. The van der Waals surface area contributed by atoms with E-state index in [9.17, 15) is 4.79 Å². The maximum absolute atomic E-state index is 11.5. The number of alkyl halides is 1. The summed E-state index contributed by atoms with van der Waals surface area (Å²) in [5, 5.41) is 2.87. The molecule has 3 heteroatoms. The first-order chi connectivity index (χ1) is 5.58. The van der Waals surface area contributed by atoms with Crippen LogP contribution in [-0.4, -0.2) is 16.3 Å². The van der Waals surface area contributed by atoms with E-state index < -0.39 is 0 Å². The molecule has 1 atom stereocenters. The van der Waals surface area contributed by atoms with E-state index in [2.05, 4.69) is 27.8 Å². The lowest BCUT2D eigenvalue weighted by Crippen LogP contribution is -2.49. The molecule has 0 aromatic heterocycles. The minimum absolute atomic E-state index is 0.0625.